The molecule has 0 spiro atoms. The van der Waals surface area contributed by atoms with Crippen LogP contribution in [0.15, 0.2) is 22.5 Å². The Kier molecular flexibility index (Phi) is 3.61. The number of aromatic nitrogens is 2. The molecular weight excluding hydrogens is 300 g/mol. The van der Waals surface area contributed by atoms with E-state index in [1.54, 1.807) is 18.2 Å². The Hall–Kier alpha value is -2.00. The molecule has 2 heterocycles. The zero-order valence-corrected chi connectivity index (χ0v) is 11.8. The molecule has 104 valence electrons. The van der Waals surface area contributed by atoms with E-state index in [4.69, 9.17) is 15.2 Å². The predicted octanol–water partition coefficient (Wildman–Crippen LogP) is 1.58. The van der Waals surface area contributed by atoms with Crippen molar-refractivity contribution in [3.05, 3.63) is 18.2 Å². The van der Waals surface area contributed by atoms with Crippen molar-refractivity contribution < 1.29 is 14.3 Å². The molecule has 1 aliphatic rings. The summed E-state index contributed by atoms with van der Waals surface area (Å²) in [6.07, 6.45) is 0. The van der Waals surface area contributed by atoms with Crippen LogP contribution in [0.1, 0.15) is 0 Å². The predicted molar refractivity (Wildman–Crippen MR) is 76.2 cm³/mol. The average molecular weight is 310 g/mol. The molecule has 0 radical (unpaired) electrons. The zero-order valence-electron chi connectivity index (χ0n) is 10.2. The number of amides is 1. The van der Waals surface area contributed by atoms with E-state index in [2.05, 4.69) is 15.5 Å². The standard InChI is InChI=1S/C11H10N4O3S2/c12-10-14-15-11(20-10)19-4-9(16)13-6-1-2-7-8(3-6)18-5-17-7/h1-3H,4-5H2,(H2,12,14)(H,13,16). The molecule has 1 amide bonds. The van der Waals surface area contributed by atoms with Crippen LogP contribution in [0.4, 0.5) is 10.8 Å². The molecule has 7 nitrogen and oxygen atoms in total. The number of carbonyl (C=O) groups excluding carboxylic acids is 1. The fourth-order valence-corrected chi connectivity index (χ4v) is 3.01. The third-order valence-electron chi connectivity index (χ3n) is 2.41. The summed E-state index contributed by atoms with van der Waals surface area (Å²) in [6, 6.07) is 5.25. The summed E-state index contributed by atoms with van der Waals surface area (Å²) in [5, 5.41) is 10.7. The van der Waals surface area contributed by atoms with E-state index in [0.717, 1.165) is 0 Å². The summed E-state index contributed by atoms with van der Waals surface area (Å²) in [7, 11) is 0. The number of hydrogen-bond acceptors (Lipinski definition) is 8. The van der Waals surface area contributed by atoms with E-state index in [0.29, 0.717) is 26.7 Å². The smallest absolute Gasteiger partial charge is 0.234 e. The lowest BCUT2D eigenvalue weighted by Gasteiger charge is -2.05. The van der Waals surface area contributed by atoms with Gasteiger partial charge in [0.15, 0.2) is 15.8 Å². The first kappa shape index (κ1) is 13.0. The number of anilines is 2. The molecule has 3 N–H and O–H groups in total. The molecule has 0 unspecified atom stereocenters. The van der Waals surface area contributed by atoms with E-state index in [-0.39, 0.29) is 18.5 Å². The number of carbonyl (C=O) groups is 1. The van der Waals surface area contributed by atoms with Gasteiger partial charge in [0.2, 0.25) is 17.8 Å². The summed E-state index contributed by atoms with van der Waals surface area (Å²) in [4.78, 5) is 11.8. The first-order valence-corrected chi connectivity index (χ1v) is 7.42. The van der Waals surface area contributed by atoms with Crippen LogP contribution < -0.4 is 20.5 Å². The molecule has 2 aromatic rings. The Morgan fingerprint density at radius 1 is 1.40 bits per heavy atom. The van der Waals surface area contributed by atoms with Gasteiger partial charge in [-0.3, -0.25) is 4.79 Å². The van der Waals surface area contributed by atoms with Crippen molar-refractivity contribution in [3.8, 4) is 11.5 Å². The summed E-state index contributed by atoms with van der Waals surface area (Å²) < 4.78 is 11.1. The minimum Gasteiger partial charge on any atom is -0.454 e. The van der Waals surface area contributed by atoms with Gasteiger partial charge in [-0.05, 0) is 12.1 Å². The molecule has 3 rings (SSSR count). The van der Waals surface area contributed by atoms with E-state index < -0.39 is 0 Å². The first-order valence-electron chi connectivity index (χ1n) is 5.62. The number of hydrogen-bond donors (Lipinski definition) is 2. The van der Waals surface area contributed by atoms with Crippen molar-refractivity contribution in [1.29, 1.82) is 0 Å². The van der Waals surface area contributed by atoms with Crippen LogP contribution in [-0.2, 0) is 4.79 Å². The second kappa shape index (κ2) is 5.55. The van der Waals surface area contributed by atoms with Crippen molar-refractivity contribution in [2.75, 3.05) is 23.6 Å². The second-order valence-corrected chi connectivity index (χ2v) is 6.04. The summed E-state index contributed by atoms with van der Waals surface area (Å²) >= 11 is 2.55. The van der Waals surface area contributed by atoms with E-state index in [1.165, 1.54) is 23.1 Å². The summed E-state index contributed by atoms with van der Waals surface area (Å²) in [5.74, 6) is 1.42. The molecule has 0 aliphatic carbocycles. The van der Waals surface area contributed by atoms with Gasteiger partial charge in [0, 0.05) is 11.8 Å². The molecule has 9 heteroatoms. The number of nitrogens with two attached hydrogens (primary N) is 1. The van der Waals surface area contributed by atoms with Crippen molar-refractivity contribution in [3.63, 3.8) is 0 Å². The van der Waals surface area contributed by atoms with Crippen LogP contribution in [0, 0.1) is 0 Å². The molecule has 0 atom stereocenters. The Morgan fingerprint density at radius 3 is 3.05 bits per heavy atom. The molecule has 0 fully saturated rings. The fourth-order valence-electron chi connectivity index (χ4n) is 1.58. The van der Waals surface area contributed by atoms with Crippen LogP contribution in [-0.4, -0.2) is 28.7 Å². The summed E-state index contributed by atoms with van der Waals surface area (Å²) in [5.41, 5.74) is 6.13. The third kappa shape index (κ3) is 2.94. The number of benzene rings is 1. The molecule has 1 aromatic carbocycles. The van der Waals surface area contributed by atoms with E-state index in [9.17, 15) is 4.79 Å². The number of nitrogen functional groups attached to an aromatic ring is 1. The van der Waals surface area contributed by atoms with Gasteiger partial charge in [0.25, 0.3) is 0 Å². The van der Waals surface area contributed by atoms with Gasteiger partial charge in [0.1, 0.15) is 0 Å². The fraction of sp³-hybridized carbons (Fsp3) is 0.182. The van der Waals surface area contributed by atoms with Crippen LogP contribution in [0.5, 0.6) is 11.5 Å². The van der Waals surface area contributed by atoms with Gasteiger partial charge in [-0.25, -0.2) is 0 Å². The SMILES string of the molecule is Nc1nnc(SCC(=O)Nc2ccc3c(c2)OCO3)s1. The number of nitrogens with zero attached hydrogens (tertiary/aromatic N) is 2. The maximum Gasteiger partial charge on any atom is 0.234 e. The largest absolute Gasteiger partial charge is 0.454 e. The van der Waals surface area contributed by atoms with Crippen LogP contribution in [0.3, 0.4) is 0 Å². The maximum atomic E-state index is 11.8. The minimum absolute atomic E-state index is 0.136. The lowest BCUT2D eigenvalue weighted by molar-refractivity contribution is -0.113. The van der Waals surface area contributed by atoms with Gasteiger partial charge in [0.05, 0.1) is 5.75 Å². The Balaban J connectivity index is 1.56. The van der Waals surface area contributed by atoms with Gasteiger partial charge in [-0.2, -0.15) is 0 Å². The maximum absolute atomic E-state index is 11.8. The van der Waals surface area contributed by atoms with Gasteiger partial charge >= 0.3 is 0 Å². The molecule has 0 saturated heterocycles. The molecule has 1 aromatic heterocycles. The van der Waals surface area contributed by atoms with Crippen LogP contribution in [0.2, 0.25) is 0 Å². The highest BCUT2D eigenvalue weighted by Gasteiger charge is 2.14. The highest BCUT2D eigenvalue weighted by molar-refractivity contribution is 8.01. The van der Waals surface area contributed by atoms with E-state index in [1.807, 2.05) is 0 Å². The highest BCUT2D eigenvalue weighted by Crippen LogP contribution is 2.34. The monoisotopic (exact) mass is 310 g/mol. The average Bonchev–Trinajstić information content (AvgIpc) is 3.04. The van der Waals surface area contributed by atoms with Crippen LogP contribution in [0.25, 0.3) is 0 Å². The zero-order chi connectivity index (χ0) is 13.9. The Bertz CT molecular complexity index is 646. The second-order valence-electron chi connectivity index (χ2n) is 3.81. The minimum atomic E-state index is -0.136. The number of fused-ring (bicyclic) bond motifs is 1. The molecule has 1 aliphatic heterocycles. The van der Waals surface area contributed by atoms with Crippen molar-refractivity contribution in [2.45, 2.75) is 4.34 Å². The number of ether oxygens (including phenoxy) is 2. The van der Waals surface area contributed by atoms with Crippen molar-refractivity contribution >= 4 is 39.8 Å². The first-order chi connectivity index (χ1) is 9.70. The highest BCUT2D eigenvalue weighted by atomic mass is 32.2. The summed E-state index contributed by atoms with van der Waals surface area (Å²) in [6.45, 7) is 0.209. The molecule has 0 saturated carbocycles. The van der Waals surface area contributed by atoms with Crippen LogP contribution >= 0.6 is 23.1 Å². The van der Waals surface area contributed by atoms with Gasteiger partial charge in [-0.1, -0.05) is 23.1 Å². The van der Waals surface area contributed by atoms with E-state index >= 15 is 0 Å². The lowest BCUT2D eigenvalue weighted by atomic mass is 10.3. The van der Waals surface area contributed by atoms with Crippen molar-refractivity contribution in [2.24, 2.45) is 0 Å². The Labute approximate surface area is 122 Å². The normalized spacial score (nSPS) is 12.4. The van der Waals surface area contributed by atoms with Gasteiger partial charge < -0.3 is 20.5 Å². The Morgan fingerprint density at radius 2 is 2.25 bits per heavy atom. The quantitative estimate of drug-likeness (QED) is 0.827. The number of rotatable bonds is 4. The topological polar surface area (TPSA) is 99.4 Å². The lowest BCUT2D eigenvalue weighted by Crippen LogP contribution is -2.13. The van der Waals surface area contributed by atoms with Crippen molar-refractivity contribution in [1.82, 2.24) is 10.2 Å². The molecule has 0 bridgehead atoms. The number of nitrogens with one attached hydrogen (secondary N) is 1. The molecule has 20 heavy (non-hydrogen) atoms. The van der Waals surface area contributed by atoms with Gasteiger partial charge in [-0.15, -0.1) is 10.2 Å². The molecular formula is C11H10N4O3S2. The number of thioether (sulfide) groups is 1. The third-order valence-corrected chi connectivity index (χ3v) is 4.29.